The van der Waals surface area contributed by atoms with E-state index in [1.54, 1.807) is 6.07 Å². The number of halogens is 3. The van der Waals surface area contributed by atoms with Gasteiger partial charge in [0.25, 0.3) is 5.91 Å². The first-order valence-corrected chi connectivity index (χ1v) is 8.49. The van der Waals surface area contributed by atoms with Crippen LogP contribution in [0.25, 0.3) is 0 Å². The molecule has 1 amide bonds. The third-order valence-corrected chi connectivity index (χ3v) is 4.42. The zero-order valence-corrected chi connectivity index (χ0v) is 14.9. The maximum Gasteiger partial charge on any atom is 0.416 e. The van der Waals surface area contributed by atoms with Crippen molar-refractivity contribution >= 4 is 17.6 Å². The second-order valence-corrected chi connectivity index (χ2v) is 6.59. The number of nitrogens with zero attached hydrogens (tertiary/aromatic N) is 1. The lowest BCUT2D eigenvalue weighted by atomic mass is 10.2. The van der Waals surface area contributed by atoms with Crippen LogP contribution in [0, 0.1) is 13.8 Å². The second-order valence-electron chi connectivity index (χ2n) is 6.59. The van der Waals surface area contributed by atoms with Gasteiger partial charge in [0.2, 0.25) is 0 Å². The van der Waals surface area contributed by atoms with Crippen LogP contribution in [0.4, 0.5) is 18.9 Å². The SMILES string of the molecule is Cc1cc(C(=O)OCC(=O)Nc2cccc(C(F)(F)F)c2)c(C)n1C1CC1. The molecule has 1 N–H and O–H groups in total. The summed E-state index contributed by atoms with van der Waals surface area (Å²) in [5, 5.41) is 2.30. The average Bonchev–Trinajstić information content (AvgIpc) is 3.37. The number of anilines is 1. The number of ether oxygens (including phenoxy) is 1. The Bertz CT molecular complexity index is 883. The molecule has 1 aromatic heterocycles. The lowest BCUT2D eigenvalue weighted by molar-refractivity contribution is -0.137. The van der Waals surface area contributed by atoms with Crippen molar-refractivity contribution < 1.29 is 27.5 Å². The molecule has 27 heavy (non-hydrogen) atoms. The number of amides is 1. The number of nitrogens with one attached hydrogen (secondary N) is 1. The number of aromatic nitrogens is 1. The molecule has 0 atom stereocenters. The molecule has 1 aliphatic rings. The van der Waals surface area contributed by atoms with Crippen LogP contribution in [-0.2, 0) is 15.7 Å². The van der Waals surface area contributed by atoms with Crippen LogP contribution in [0.1, 0.15) is 46.2 Å². The van der Waals surface area contributed by atoms with Crippen LogP contribution in [0.15, 0.2) is 30.3 Å². The molecule has 1 saturated carbocycles. The number of alkyl halides is 3. The summed E-state index contributed by atoms with van der Waals surface area (Å²) in [5.74, 6) is -1.34. The quantitative estimate of drug-likeness (QED) is 0.789. The highest BCUT2D eigenvalue weighted by atomic mass is 19.4. The van der Waals surface area contributed by atoms with Crippen LogP contribution < -0.4 is 5.32 Å². The Hall–Kier alpha value is -2.77. The fourth-order valence-electron chi connectivity index (χ4n) is 3.06. The van der Waals surface area contributed by atoms with Crippen LogP contribution in [0.3, 0.4) is 0 Å². The number of aryl methyl sites for hydroxylation is 1. The van der Waals surface area contributed by atoms with Gasteiger partial charge in [0.05, 0.1) is 11.1 Å². The standard InChI is InChI=1S/C19H19F3N2O3/c1-11-8-16(12(2)24(11)15-6-7-15)18(26)27-10-17(25)23-14-5-3-4-13(9-14)19(20,21)22/h3-5,8-9,15H,6-7,10H2,1-2H3,(H,23,25). The average molecular weight is 380 g/mol. The number of carbonyl (C=O) groups is 2. The van der Waals surface area contributed by atoms with Crippen molar-refractivity contribution in [1.82, 2.24) is 4.57 Å². The lowest BCUT2D eigenvalue weighted by Gasteiger charge is -2.10. The third-order valence-electron chi connectivity index (χ3n) is 4.42. The Morgan fingerprint density at radius 1 is 1.22 bits per heavy atom. The van der Waals surface area contributed by atoms with Crippen LogP contribution in [0.5, 0.6) is 0 Å². The number of hydrogen-bond acceptors (Lipinski definition) is 3. The molecule has 0 aliphatic heterocycles. The molecule has 3 rings (SSSR count). The molecule has 5 nitrogen and oxygen atoms in total. The first-order chi connectivity index (χ1) is 12.7. The van der Waals surface area contributed by atoms with Gasteiger partial charge >= 0.3 is 12.1 Å². The Morgan fingerprint density at radius 2 is 1.93 bits per heavy atom. The van der Waals surface area contributed by atoms with Crippen molar-refractivity contribution in [2.24, 2.45) is 0 Å². The minimum absolute atomic E-state index is 0.0159. The van der Waals surface area contributed by atoms with Crippen molar-refractivity contribution in [2.75, 3.05) is 11.9 Å². The molecule has 1 aromatic carbocycles. The van der Waals surface area contributed by atoms with Crippen LogP contribution in [0.2, 0.25) is 0 Å². The van der Waals surface area contributed by atoms with Gasteiger partial charge in [-0.2, -0.15) is 13.2 Å². The first-order valence-electron chi connectivity index (χ1n) is 8.49. The number of esters is 1. The molecule has 0 saturated heterocycles. The number of rotatable bonds is 5. The van der Waals surface area contributed by atoms with E-state index in [9.17, 15) is 22.8 Å². The minimum atomic E-state index is -4.50. The largest absolute Gasteiger partial charge is 0.452 e. The lowest BCUT2D eigenvalue weighted by Crippen LogP contribution is -2.21. The minimum Gasteiger partial charge on any atom is -0.452 e. The van der Waals surface area contributed by atoms with Gasteiger partial charge in [0, 0.05) is 23.1 Å². The molecule has 0 radical (unpaired) electrons. The van der Waals surface area contributed by atoms with E-state index >= 15 is 0 Å². The Kier molecular flexibility index (Phi) is 4.99. The predicted molar refractivity (Wildman–Crippen MR) is 92.5 cm³/mol. The molecule has 1 heterocycles. The molecule has 1 aliphatic carbocycles. The summed E-state index contributed by atoms with van der Waals surface area (Å²) in [6, 6.07) is 6.39. The maximum atomic E-state index is 12.7. The summed E-state index contributed by atoms with van der Waals surface area (Å²) in [5.41, 5.74) is 1.25. The van der Waals surface area contributed by atoms with E-state index in [1.807, 2.05) is 13.8 Å². The van der Waals surface area contributed by atoms with Gasteiger partial charge in [0.1, 0.15) is 0 Å². The van der Waals surface area contributed by atoms with E-state index in [0.29, 0.717) is 11.6 Å². The van der Waals surface area contributed by atoms with Gasteiger partial charge in [-0.3, -0.25) is 4.79 Å². The highest BCUT2D eigenvalue weighted by Gasteiger charge is 2.31. The van der Waals surface area contributed by atoms with Gasteiger partial charge in [-0.15, -0.1) is 0 Å². The Balaban J connectivity index is 1.60. The van der Waals surface area contributed by atoms with E-state index in [2.05, 4.69) is 9.88 Å². The summed E-state index contributed by atoms with van der Waals surface area (Å²) in [7, 11) is 0. The van der Waals surface area contributed by atoms with Crippen molar-refractivity contribution in [3.05, 3.63) is 52.8 Å². The summed E-state index contributed by atoms with van der Waals surface area (Å²) < 4.78 is 45.2. The van der Waals surface area contributed by atoms with E-state index in [-0.39, 0.29) is 5.69 Å². The fourth-order valence-corrected chi connectivity index (χ4v) is 3.06. The molecule has 0 unspecified atom stereocenters. The van der Waals surface area contributed by atoms with Gasteiger partial charge in [-0.25, -0.2) is 4.79 Å². The summed E-state index contributed by atoms with van der Waals surface area (Å²) in [6.45, 7) is 3.15. The highest BCUT2D eigenvalue weighted by molar-refractivity contribution is 5.96. The molecule has 1 fully saturated rings. The molecular formula is C19H19F3N2O3. The normalized spacial score (nSPS) is 14.1. The van der Waals surface area contributed by atoms with Gasteiger partial charge in [0.15, 0.2) is 6.61 Å². The van der Waals surface area contributed by atoms with E-state index in [1.165, 1.54) is 12.1 Å². The van der Waals surface area contributed by atoms with Crippen molar-refractivity contribution in [2.45, 2.75) is 38.9 Å². The second kappa shape index (κ2) is 7.09. The van der Waals surface area contributed by atoms with Gasteiger partial charge in [-0.1, -0.05) is 6.07 Å². The third kappa shape index (κ3) is 4.32. The number of hydrogen-bond donors (Lipinski definition) is 1. The van der Waals surface area contributed by atoms with E-state index < -0.39 is 30.2 Å². The van der Waals surface area contributed by atoms with Crippen LogP contribution in [-0.4, -0.2) is 23.1 Å². The highest BCUT2D eigenvalue weighted by Crippen LogP contribution is 2.38. The molecule has 0 bridgehead atoms. The Morgan fingerprint density at radius 3 is 2.56 bits per heavy atom. The first kappa shape index (κ1) is 19.0. The summed E-state index contributed by atoms with van der Waals surface area (Å²) in [4.78, 5) is 24.2. The smallest absolute Gasteiger partial charge is 0.416 e. The topological polar surface area (TPSA) is 60.3 Å². The van der Waals surface area contributed by atoms with Crippen LogP contribution >= 0.6 is 0 Å². The molecule has 0 spiro atoms. The zero-order valence-electron chi connectivity index (χ0n) is 14.9. The van der Waals surface area contributed by atoms with E-state index in [4.69, 9.17) is 4.74 Å². The number of carbonyl (C=O) groups excluding carboxylic acids is 2. The maximum absolute atomic E-state index is 12.7. The van der Waals surface area contributed by atoms with Gasteiger partial charge < -0.3 is 14.6 Å². The molecule has 144 valence electrons. The van der Waals surface area contributed by atoms with Gasteiger partial charge in [-0.05, 0) is 51.0 Å². The summed E-state index contributed by atoms with van der Waals surface area (Å²) >= 11 is 0. The predicted octanol–water partition coefficient (Wildman–Crippen LogP) is 4.25. The Labute approximate surface area is 154 Å². The molecular weight excluding hydrogens is 361 g/mol. The zero-order chi connectivity index (χ0) is 19.8. The monoisotopic (exact) mass is 380 g/mol. The van der Waals surface area contributed by atoms with Crippen molar-refractivity contribution in [3.63, 3.8) is 0 Å². The molecule has 2 aromatic rings. The van der Waals surface area contributed by atoms with Crippen molar-refractivity contribution in [1.29, 1.82) is 0 Å². The molecule has 8 heteroatoms. The van der Waals surface area contributed by atoms with E-state index in [0.717, 1.165) is 36.4 Å². The summed E-state index contributed by atoms with van der Waals surface area (Å²) in [6.07, 6.45) is -2.36. The van der Waals surface area contributed by atoms with Crippen molar-refractivity contribution in [3.8, 4) is 0 Å². The number of benzene rings is 1. The fraction of sp³-hybridized carbons (Fsp3) is 0.368.